The quantitative estimate of drug-likeness (QED) is 0.810. The number of nitrogens with zero attached hydrogens (tertiary/aromatic N) is 4. The molecular weight excluding hydrogens is 352 g/mol. The van der Waals surface area contributed by atoms with Crippen molar-refractivity contribution in [2.45, 2.75) is 20.8 Å². The van der Waals surface area contributed by atoms with Crippen LogP contribution in [0.5, 0.6) is 0 Å². The SMILES string of the molecule is CC1=NN(c2ccccc2)C(=O)[C@]12C(C)[C@]21C(=O)N(c2ccccc2)N=C1C. The molecule has 2 amide bonds. The highest BCUT2D eigenvalue weighted by atomic mass is 16.2. The fraction of sp³-hybridized carbons (Fsp3) is 0.273. The number of hydrogen-bond donors (Lipinski definition) is 0. The third-order valence-electron chi connectivity index (χ3n) is 6.54. The number of rotatable bonds is 2. The van der Waals surface area contributed by atoms with Crippen LogP contribution in [0.25, 0.3) is 0 Å². The molecule has 0 saturated heterocycles. The molecule has 1 aliphatic carbocycles. The van der Waals surface area contributed by atoms with E-state index in [0.29, 0.717) is 22.8 Å². The van der Waals surface area contributed by atoms with E-state index in [1.54, 1.807) is 0 Å². The van der Waals surface area contributed by atoms with E-state index in [1.807, 2.05) is 81.4 Å². The second-order valence-electron chi connectivity index (χ2n) is 7.61. The van der Waals surface area contributed by atoms with Crippen LogP contribution < -0.4 is 10.0 Å². The maximum Gasteiger partial charge on any atom is 0.261 e. The van der Waals surface area contributed by atoms with Crippen molar-refractivity contribution in [3.63, 3.8) is 0 Å². The number of carbonyl (C=O) groups excluding carboxylic acids is 2. The summed E-state index contributed by atoms with van der Waals surface area (Å²) in [5.41, 5.74) is 0.836. The highest BCUT2D eigenvalue weighted by Crippen LogP contribution is 2.74. The van der Waals surface area contributed by atoms with Gasteiger partial charge >= 0.3 is 0 Å². The van der Waals surface area contributed by atoms with Crippen LogP contribution >= 0.6 is 0 Å². The summed E-state index contributed by atoms with van der Waals surface area (Å²) in [4.78, 5) is 27.2. The summed E-state index contributed by atoms with van der Waals surface area (Å²) in [6.45, 7) is 5.65. The molecule has 0 aromatic heterocycles. The van der Waals surface area contributed by atoms with E-state index in [1.165, 1.54) is 10.0 Å². The molecule has 0 bridgehead atoms. The number of para-hydroxylation sites is 2. The van der Waals surface area contributed by atoms with Crippen LogP contribution in [0.2, 0.25) is 0 Å². The molecule has 0 N–H and O–H groups in total. The van der Waals surface area contributed by atoms with Crippen LogP contribution in [0, 0.1) is 16.7 Å². The molecule has 0 unspecified atom stereocenters. The normalized spacial score (nSPS) is 31.0. The highest BCUT2D eigenvalue weighted by molar-refractivity contribution is 6.35. The summed E-state index contributed by atoms with van der Waals surface area (Å²) in [7, 11) is 0. The first kappa shape index (κ1) is 16.9. The Morgan fingerprint density at radius 3 is 1.43 bits per heavy atom. The van der Waals surface area contributed by atoms with Gasteiger partial charge in [0, 0.05) is 0 Å². The average molecular weight is 372 g/mol. The largest absolute Gasteiger partial charge is 0.271 e. The van der Waals surface area contributed by atoms with Gasteiger partial charge < -0.3 is 0 Å². The summed E-state index contributed by atoms with van der Waals surface area (Å²) >= 11 is 0. The molecule has 0 radical (unpaired) electrons. The van der Waals surface area contributed by atoms with Gasteiger partial charge in [-0.3, -0.25) is 9.59 Å². The lowest BCUT2D eigenvalue weighted by atomic mass is 9.85. The molecule has 6 heteroatoms. The first-order valence-electron chi connectivity index (χ1n) is 9.38. The van der Waals surface area contributed by atoms with E-state index in [9.17, 15) is 9.59 Å². The van der Waals surface area contributed by atoms with Gasteiger partial charge in [-0.25, -0.2) is 0 Å². The van der Waals surface area contributed by atoms with Crippen molar-refractivity contribution in [1.29, 1.82) is 0 Å². The zero-order chi connectivity index (χ0) is 19.7. The van der Waals surface area contributed by atoms with Crippen molar-refractivity contribution in [3.8, 4) is 0 Å². The molecule has 2 heterocycles. The summed E-state index contributed by atoms with van der Waals surface area (Å²) in [6.07, 6.45) is 0. The second kappa shape index (κ2) is 5.38. The van der Waals surface area contributed by atoms with E-state index in [-0.39, 0.29) is 17.7 Å². The van der Waals surface area contributed by atoms with Gasteiger partial charge in [-0.15, -0.1) is 0 Å². The number of fused-ring (bicyclic) bond motifs is 1. The number of amides is 2. The summed E-state index contributed by atoms with van der Waals surface area (Å²) in [5, 5.41) is 12.0. The first-order chi connectivity index (χ1) is 13.5. The molecule has 3 aliphatic rings. The third-order valence-corrected chi connectivity index (χ3v) is 6.54. The number of anilines is 2. The Labute approximate surface area is 163 Å². The molecular formula is C22H20N4O2. The monoisotopic (exact) mass is 372 g/mol. The predicted octanol–water partition coefficient (Wildman–Crippen LogP) is 3.45. The van der Waals surface area contributed by atoms with Crippen molar-refractivity contribution >= 4 is 34.6 Å². The number of carbonyl (C=O) groups is 2. The van der Waals surface area contributed by atoms with E-state index >= 15 is 0 Å². The van der Waals surface area contributed by atoms with Gasteiger partial charge in [-0.05, 0) is 44.0 Å². The zero-order valence-electron chi connectivity index (χ0n) is 16.0. The van der Waals surface area contributed by atoms with Gasteiger partial charge in [0.25, 0.3) is 11.8 Å². The van der Waals surface area contributed by atoms with Crippen molar-refractivity contribution < 1.29 is 9.59 Å². The lowest BCUT2D eigenvalue weighted by Crippen LogP contribution is -2.40. The summed E-state index contributed by atoms with van der Waals surface area (Å²) in [6, 6.07) is 18.7. The number of hydrazone groups is 2. The second-order valence-corrected chi connectivity index (χ2v) is 7.61. The van der Waals surface area contributed by atoms with E-state index in [2.05, 4.69) is 10.2 Å². The molecule has 2 aliphatic heterocycles. The molecule has 2 atom stereocenters. The minimum atomic E-state index is -0.961. The van der Waals surface area contributed by atoms with Crippen LogP contribution in [-0.4, -0.2) is 23.2 Å². The topological polar surface area (TPSA) is 65.3 Å². The van der Waals surface area contributed by atoms with Crippen molar-refractivity contribution in [2.24, 2.45) is 27.0 Å². The maximum absolute atomic E-state index is 13.6. The Kier molecular flexibility index (Phi) is 3.24. The molecule has 2 aromatic rings. The van der Waals surface area contributed by atoms with Crippen LogP contribution in [0.1, 0.15) is 20.8 Å². The zero-order valence-corrected chi connectivity index (χ0v) is 16.0. The van der Waals surface area contributed by atoms with Crippen LogP contribution in [0.4, 0.5) is 11.4 Å². The fourth-order valence-corrected chi connectivity index (χ4v) is 5.25. The van der Waals surface area contributed by atoms with Gasteiger partial charge in [0.1, 0.15) is 10.8 Å². The highest BCUT2D eigenvalue weighted by Gasteiger charge is 2.89. The molecule has 5 rings (SSSR count). The lowest BCUT2D eigenvalue weighted by Gasteiger charge is -2.19. The maximum atomic E-state index is 13.6. The number of benzene rings is 2. The molecule has 1 fully saturated rings. The Morgan fingerprint density at radius 2 is 1.07 bits per heavy atom. The minimum Gasteiger partial charge on any atom is -0.271 e. The molecule has 2 spiro atoms. The van der Waals surface area contributed by atoms with Crippen LogP contribution in [-0.2, 0) is 9.59 Å². The van der Waals surface area contributed by atoms with E-state index in [0.717, 1.165) is 0 Å². The molecule has 2 aromatic carbocycles. The molecule has 6 nitrogen and oxygen atoms in total. The van der Waals surface area contributed by atoms with Crippen molar-refractivity contribution in [2.75, 3.05) is 10.0 Å². The Bertz CT molecular complexity index is 977. The van der Waals surface area contributed by atoms with E-state index < -0.39 is 10.8 Å². The van der Waals surface area contributed by atoms with Gasteiger partial charge in [0.2, 0.25) is 0 Å². The van der Waals surface area contributed by atoms with Gasteiger partial charge in [-0.1, -0.05) is 43.3 Å². The van der Waals surface area contributed by atoms with Gasteiger partial charge in [0.15, 0.2) is 0 Å². The smallest absolute Gasteiger partial charge is 0.261 e. The molecule has 140 valence electrons. The van der Waals surface area contributed by atoms with E-state index in [4.69, 9.17) is 0 Å². The standard InChI is InChI=1S/C22H20N4O2/c1-14-21(15(2)23-25(19(21)27)17-10-6-4-7-11-17)22(14)16(3)24-26(20(22)28)18-12-8-5-9-13-18/h4-14H,1-3H3/t21-,22-/m0/s1. The Morgan fingerprint density at radius 1 is 0.714 bits per heavy atom. The fourth-order valence-electron chi connectivity index (χ4n) is 5.25. The Balaban J connectivity index is 1.59. The van der Waals surface area contributed by atoms with Gasteiger partial charge in [-0.2, -0.15) is 20.2 Å². The average Bonchev–Trinajstić information content (AvgIpc) is 3.06. The van der Waals surface area contributed by atoms with Crippen molar-refractivity contribution in [1.82, 2.24) is 0 Å². The predicted molar refractivity (Wildman–Crippen MR) is 108 cm³/mol. The Hall–Kier alpha value is -3.28. The third kappa shape index (κ3) is 1.69. The van der Waals surface area contributed by atoms with Gasteiger partial charge in [0.05, 0.1) is 22.8 Å². The summed E-state index contributed by atoms with van der Waals surface area (Å²) in [5.74, 6) is -0.502. The minimum absolute atomic E-state index is 0.151. The van der Waals surface area contributed by atoms with Crippen LogP contribution in [0.15, 0.2) is 70.9 Å². The molecule has 28 heavy (non-hydrogen) atoms. The van der Waals surface area contributed by atoms with Crippen LogP contribution in [0.3, 0.4) is 0 Å². The lowest BCUT2D eigenvalue weighted by molar-refractivity contribution is -0.126. The first-order valence-corrected chi connectivity index (χ1v) is 9.38. The molecule has 1 saturated carbocycles. The summed E-state index contributed by atoms with van der Waals surface area (Å²) < 4.78 is 0. The number of hydrogen-bond acceptors (Lipinski definition) is 4. The van der Waals surface area contributed by atoms with Crippen molar-refractivity contribution in [3.05, 3.63) is 60.7 Å².